The van der Waals surface area contributed by atoms with Crippen LogP contribution in [0, 0.1) is 22.1 Å². The minimum absolute atomic E-state index is 0.00921. The molecule has 2 aromatic heterocycles. The maximum Gasteiger partial charge on any atom is 0.289 e. The molecule has 4 rings (SSSR count). The first-order valence-corrected chi connectivity index (χ1v) is 14.0. The molecule has 0 spiro atoms. The second-order valence-corrected chi connectivity index (χ2v) is 11.9. The Hall–Kier alpha value is -3.33. The predicted octanol–water partition coefficient (Wildman–Crippen LogP) is 4.37. The minimum atomic E-state index is -3.77. The van der Waals surface area contributed by atoms with Gasteiger partial charge in [-0.3, -0.25) is 14.3 Å². The summed E-state index contributed by atoms with van der Waals surface area (Å²) in [4.78, 5) is 26.4. The van der Waals surface area contributed by atoms with Crippen LogP contribution in [0.2, 0.25) is 0 Å². The van der Waals surface area contributed by atoms with Crippen LogP contribution in [-0.4, -0.2) is 28.0 Å². The van der Waals surface area contributed by atoms with E-state index in [0.29, 0.717) is 9.13 Å². The van der Waals surface area contributed by atoms with E-state index in [1.807, 2.05) is 22.6 Å². The Bertz CT molecular complexity index is 1800. The molecule has 4 aromatic rings. The third kappa shape index (κ3) is 5.04. The Kier molecular flexibility index (Phi) is 7.61. The van der Waals surface area contributed by atoms with Crippen LogP contribution in [-0.2, 0) is 23.6 Å². The Morgan fingerprint density at radius 3 is 2.47 bits per heavy atom. The zero-order chi connectivity index (χ0) is 27.9. The van der Waals surface area contributed by atoms with Crippen molar-refractivity contribution >= 4 is 60.6 Å². The fraction of sp³-hybridized carbons (Fsp3) is 0.200. The summed E-state index contributed by atoms with van der Waals surface area (Å²) in [5.74, 6) is -1.96. The normalized spacial score (nSPS) is 11.8. The van der Waals surface area contributed by atoms with Crippen LogP contribution >= 0.6 is 22.6 Å². The number of nitrogens with zero attached hydrogens (tertiary/aromatic N) is 3. The molecule has 0 aliphatic carbocycles. The molecule has 38 heavy (non-hydrogen) atoms. The third-order valence-electron chi connectivity index (χ3n) is 5.84. The summed E-state index contributed by atoms with van der Waals surface area (Å²) >= 11 is 1.92. The average Bonchev–Trinajstić information content (AvgIpc) is 2.86. The van der Waals surface area contributed by atoms with Gasteiger partial charge < -0.3 is 9.88 Å². The molecule has 0 saturated carbocycles. The average molecular weight is 654 g/mol. The molecule has 2 heterocycles. The highest BCUT2D eigenvalue weighted by molar-refractivity contribution is 14.1. The topological polar surface area (TPSA) is 115 Å². The van der Waals surface area contributed by atoms with Crippen molar-refractivity contribution in [3.05, 3.63) is 85.3 Å². The van der Waals surface area contributed by atoms with Crippen LogP contribution in [0.3, 0.4) is 0 Å². The first-order valence-electron chi connectivity index (χ1n) is 11.4. The number of pyridine rings is 1. The van der Waals surface area contributed by atoms with Crippen molar-refractivity contribution < 1.29 is 17.2 Å². The molecule has 2 N–H and O–H groups in total. The SMILES string of the molecule is [CH2]C(C)S(=O)(=O)Nc1cccc(-c2nn(CC)c(=O)c3c(Nc4ccc(I)cc4F)c(F)c(=O)n(C)c23)c1. The predicted molar refractivity (Wildman–Crippen MR) is 152 cm³/mol. The summed E-state index contributed by atoms with van der Waals surface area (Å²) in [5, 5.41) is 5.84. The van der Waals surface area contributed by atoms with E-state index in [0.717, 1.165) is 9.25 Å². The number of anilines is 3. The van der Waals surface area contributed by atoms with Crippen LogP contribution in [0.25, 0.3) is 22.2 Å². The van der Waals surface area contributed by atoms with Gasteiger partial charge in [-0.15, -0.1) is 0 Å². The number of fused-ring (bicyclic) bond motifs is 1. The van der Waals surface area contributed by atoms with Gasteiger partial charge in [0, 0.05) is 28.4 Å². The van der Waals surface area contributed by atoms with Crippen molar-refractivity contribution in [2.45, 2.75) is 25.6 Å². The highest BCUT2D eigenvalue weighted by atomic mass is 127. The number of benzene rings is 2. The maximum atomic E-state index is 15.4. The van der Waals surface area contributed by atoms with E-state index in [1.54, 1.807) is 25.1 Å². The quantitative estimate of drug-likeness (QED) is 0.286. The van der Waals surface area contributed by atoms with Gasteiger partial charge in [0.15, 0.2) is 0 Å². The van der Waals surface area contributed by atoms with Crippen LogP contribution in [0.15, 0.2) is 52.1 Å². The van der Waals surface area contributed by atoms with Crippen molar-refractivity contribution in [3.63, 3.8) is 0 Å². The molecule has 0 amide bonds. The van der Waals surface area contributed by atoms with Crippen molar-refractivity contribution in [2.24, 2.45) is 7.05 Å². The van der Waals surface area contributed by atoms with E-state index in [-0.39, 0.29) is 34.5 Å². The number of nitrogens with one attached hydrogen (secondary N) is 2. The Morgan fingerprint density at radius 2 is 1.84 bits per heavy atom. The number of rotatable bonds is 7. The van der Waals surface area contributed by atoms with Gasteiger partial charge in [0.25, 0.3) is 11.1 Å². The summed E-state index contributed by atoms with van der Waals surface area (Å²) in [6.45, 7) is 6.73. The fourth-order valence-corrected chi connectivity index (χ4v) is 4.94. The number of hydrogen-bond donors (Lipinski definition) is 2. The van der Waals surface area contributed by atoms with Crippen molar-refractivity contribution in [1.82, 2.24) is 14.3 Å². The summed E-state index contributed by atoms with van der Waals surface area (Å²) in [6.07, 6.45) is 0. The lowest BCUT2D eigenvalue weighted by Gasteiger charge is -2.18. The highest BCUT2D eigenvalue weighted by Crippen LogP contribution is 2.32. The van der Waals surface area contributed by atoms with Crippen LogP contribution in [0.4, 0.5) is 25.8 Å². The van der Waals surface area contributed by atoms with Gasteiger partial charge in [0.2, 0.25) is 15.8 Å². The summed E-state index contributed by atoms with van der Waals surface area (Å²) in [6, 6.07) is 10.4. The van der Waals surface area contributed by atoms with Crippen LogP contribution < -0.4 is 21.2 Å². The van der Waals surface area contributed by atoms with Crippen molar-refractivity contribution in [1.29, 1.82) is 0 Å². The summed E-state index contributed by atoms with van der Waals surface area (Å²) in [7, 11) is -2.48. The molecular weight excluding hydrogens is 631 g/mol. The molecule has 0 bridgehead atoms. The number of sulfonamides is 1. The van der Waals surface area contributed by atoms with E-state index in [1.165, 1.54) is 38.2 Å². The molecule has 1 atom stereocenters. The van der Waals surface area contributed by atoms with Gasteiger partial charge in [0.05, 0.1) is 27.5 Å². The molecular formula is C25H23F2IN5O4S. The van der Waals surface area contributed by atoms with Gasteiger partial charge in [-0.1, -0.05) is 12.1 Å². The van der Waals surface area contributed by atoms with Crippen LogP contribution in [0.1, 0.15) is 13.8 Å². The van der Waals surface area contributed by atoms with E-state index >= 15 is 4.39 Å². The fourth-order valence-electron chi connectivity index (χ4n) is 3.83. The third-order valence-corrected chi connectivity index (χ3v) is 8.09. The smallest absolute Gasteiger partial charge is 0.289 e. The van der Waals surface area contributed by atoms with E-state index in [9.17, 15) is 22.4 Å². The monoisotopic (exact) mass is 654 g/mol. The number of aromatic nitrogens is 3. The lowest BCUT2D eigenvalue weighted by atomic mass is 10.1. The number of hydrogen-bond acceptors (Lipinski definition) is 6. The largest absolute Gasteiger partial charge is 0.350 e. The molecule has 0 aliphatic heterocycles. The van der Waals surface area contributed by atoms with Crippen molar-refractivity contribution in [3.8, 4) is 11.3 Å². The molecule has 13 heteroatoms. The van der Waals surface area contributed by atoms with E-state index in [4.69, 9.17) is 0 Å². The molecule has 9 nitrogen and oxygen atoms in total. The summed E-state index contributed by atoms with van der Waals surface area (Å²) in [5.41, 5.74) is -1.71. The lowest BCUT2D eigenvalue weighted by Crippen LogP contribution is -2.30. The van der Waals surface area contributed by atoms with Crippen molar-refractivity contribution in [2.75, 3.05) is 10.0 Å². The van der Waals surface area contributed by atoms with Gasteiger partial charge in [0.1, 0.15) is 11.5 Å². The maximum absolute atomic E-state index is 15.4. The van der Waals surface area contributed by atoms with E-state index < -0.39 is 43.7 Å². The molecule has 0 saturated heterocycles. The lowest BCUT2D eigenvalue weighted by molar-refractivity contribution is 0.594. The molecule has 1 unspecified atom stereocenters. The van der Waals surface area contributed by atoms with E-state index in [2.05, 4.69) is 22.1 Å². The Labute approximate surface area is 230 Å². The zero-order valence-electron chi connectivity index (χ0n) is 20.5. The molecule has 2 aromatic carbocycles. The zero-order valence-corrected chi connectivity index (χ0v) is 23.5. The van der Waals surface area contributed by atoms with Gasteiger partial charge in [-0.25, -0.2) is 17.5 Å². The Morgan fingerprint density at radius 1 is 1.13 bits per heavy atom. The second kappa shape index (κ2) is 10.4. The van der Waals surface area contributed by atoms with Gasteiger partial charge in [-0.05, 0) is 73.7 Å². The first kappa shape index (κ1) is 27.7. The highest BCUT2D eigenvalue weighted by Gasteiger charge is 2.25. The van der Waals surface area contributed by atoms with Gasteiger partial charge in [-0.2, -0.15) is 9.49 Å². The molecule has 199 valence electrons. The Balaban J connectivity index is 2.05. The van der Waals surface area contributed by atoms with Gasteiger partial charge >= 0.3 is 0 Å². The molecule has 1 radical (unpaired) electrons. The standard InChI is InChI=1S/C25H23F2IN5O4S/c1-5-33-24(34)19-22(29-18-10-9-15(28)12-17(18)26)20(27)25(35)32(4)23(19)21(30-33)14-7-6-8-16(11-14)31-38(36,37)13(2)3/h6-13,29,31H,2,5H2,1,3-4H3. The molecule has 0 aliphatic rings. The summed E-state index contributed by atoms with van der Waals surface area (Å²) < 4.78 is 59.8. The molecule has 0 fully saturated rings. The number of halogens is 3. The second-order valence-electron chi connectivity index (χ2n) is 8.53. The number of aryl methyl sites for hydroxylation is 2. The van der Waals surface area contributed by atoms with Crippen LogP contribution in [0.5, 0.6) is 0 Å². The minimum Gasteiger partial charge on any atom is -0.350 e. The first-order chi connectivity index (χ1) is 17.9.